The standard InChI is InChI=1S/C10H15BrFN/c1-3-10(2,13)8-6-7(11)4-5-9(8)12/h5-7H,3-4,13H2,1-2H3. The molecule has 0 fully saturated rings. The first-order chi connectivity index (χ1) is 5.97. The van der Waals surface area contributed by atoms with Crippen LogP contribution >= 0.6 is 15.9 Å². The minimum absolute atomic E-state index is 0.164. The maximum Gasteiger partial charge on any atom is 0.124 e. The molecule has 2 N–H and O–H groups in total. The quantitative estimate of drug-likeness (QED) is 0.747. The van der Waals surface area contributed by atoms with Gasteiger partial charge in [0.25, 0.3) is 0 Å². The summed E-state index contributed by atoms with van der Waals surface area (Å²) in [5.41, 5.74) is 6.05. The van der Waals surface area contributed by atoms with Crippen molar-refractivity contribution in [2.45, 2.75) is 37.1 Å². The van der Waals surface area contributed by atoms with Crippen LogP contribution in [0.5, 0.6) is 0 Å². The third-order valence-electron chi connectivity index (χ3n) is 2.48. The maximum absolute atomic E-state index is 13.4. The number of halogens is 2. The molecule has 0 aromatic heterocycles. The number of rotatable bonds is 2. The largest absolute Gasteiger partial charge is 0.322 e. The smallest absolute Gasteiger partial charge is 0.124 e. The fourth-order valence-electron chi connectivity index (χ4n) is 1.31. The van der Waals surface area contributed by atoms with Gasteiger partial charge in [-0.2, -0.15) is 0 Å². The first kappa shape index (κ1) is 10.9. The van der Waals surface area contributed by atoms with Gasteiger partial charge in [0.1, 0.15) is 5.83 Å². The Hall–Kier alpha value is -0.150. The Labute approximate surface area is 87.0 Å². The van der Waals surface area contributed by atoms with Crippen LogP contribution in [-0.4, -0.2) is 10.4 Å². The van der Waals surface area contributed by atoms with Gasteiger partial charge in [-0.25, -0.2) is 4.39 Å². The lowest BCUT2D eigenvalue weighted by atomic mass is 9.86. The van der Waals surface area contributed by atoms with E-state index in [0.29, 0.717) is 12.0 Å². The van der Waals surface area contributed by atoms with Gasteiger partial charge in [-0.15, -0.1) is 0 Å². The highest BCUT2D eigenvalue weighted by atomic mass is 79.9. The van der Waals surface area contributed by atoms with Crippen molar-refractivity contribution in [3.05, 3.63) is 23.6 Å². The molecular formula is C10H15BrFN. The van der Waals surface area contributed by atoms with E-state index < -0.39 is 5.54 Å². The molecule has 1 rings (SSSR count). The average molecular weight is 248 g/mol. The van der Waals surface area contributed by atoms with Crippen LogP contribution in [0.25, 0.3) is 0 Å². The molecular weight excluding hydrogens is 233 g/mol. The Morgan fingerprint density at radius 3 is 2.92 bits per heavy atom. The second-order valence-electron chi connectivity index (χ2n) is 3.66. The van der Waals surface area contributed by atoms with Gasteiger partial charge in [0, 0.05) is 15.9 Å². The van der Waals surface area contributed by atoms with E-state index in [0.717, 1.165) is 6.42 Å². The van der Waals surface area contributed by atoms with Crippen LogP contribution in [0.1, 0.15) is 26.7 Å². The molecule has 2 unspecified atom stereocenters. The lowest BCUT2D eigenvalue weighted by Gasteiger charge is -2.28. The molecule has 74 valence electrons. The van der Waals surface area contributed by atoms with E-state index in [2.05, 4.69) is 15.9 Å². The van der Waals surface area contributed by atoms with Crippen LogP contribution < -0.4 is 5.73 Å². The zero-order valence-corrected chi connectivity index (χ0v) is 9.57. The summed E-state index contributed by atoms with van der Waals surface area (Å²) in [5.74, 6) is -0.164. The van der Waals surface area contributed by atoms with Crippen molar-refractivity contribution in [1.82, 2.24) is 0 Å². The number of alkyl halides is 1. The van der Waals surface area contributed by atoms with Crippen LogP contribution in [0.3, 0.4) is 0 Å². The number of hydrogen-bond acceptors (Lipinski definition) is 1. The van der Waals surface area contributed by atoms with Crippen molar-refractivity contribution < 1.29 is 4.39 Å². The summed E-state index contributed by atoms with van der Waals surface area (Å²) in [7, 11) is 0. The van der Waals surface area contributed by atoms with Crippen LogP contribution in [0, 0.1) is 0 Å². The second kappa shape index (κ2) is 3.93. The molecule has 0 aromatic carbocycles. The molecule has 0 aromatic rings. The van der Waals surface area contributed by atoms with Crippen molar-refractivity contribution in [3.8, 4) is 0 Å². The number of allylic oxidation sites excluding steroid dienone is 2. The summed E-state index contributed by atoms with van der Waals surface area (Å²) in [6.07, 6.45) is 4.91. The van der Waals surface area contributed by atoms with Gasteiger partial charge in [-0.3, -0.25) is 0 Å². The minimum atomic E-state index is -0.549. The molecule has 0 radical (unpaired) electrons. The molecule has 3 heteroatoms. The fraction of sp³-hybridized carbons (Fsp3) is 0.600. The lowest BCUT2D eigenvalue weighted by molar-refractivity contribution is 0.492. The normalized spacial score (nSPS) is 27.6. The Morgan fingerprint density at radius 1 is 1.77 bits per heavy atom. The summed E-state index contributed by atoms with van der Waals surface area (Å²) in [6.45, 7) is 3.82. The summed E-state index contributed by atoms with van der Waals surface area (Å²) in [4.78, 5) is 0.219. The molecule has 0 heterocycles. The van der Waals surface area contributed by atoms with E-state index in [4.69, 9.17) is 5.73 Å². The zero-order chi connectivity index (χ0) is 10.1. The highest BCUT2D eigenvalue weighted by Gasteiger charge is 2.27. The lowest BCUT2D eigenvalue weighted by Crippen LogP contribution is -2.38. The van der Waals surface area contributed by atoms with Crippen LogP contribution in [0.2, 0.25) is 0 Å². The topological polar surface area (TPSA) is 26.0 Å². The molecule has 13 heavy (non-hydrogen) atoms. The van der Waals surface area contributed by atoms with Crippen molar-refractivity contribution in [1.29, 1.82) is 0 Å². The molecule has 2 atom stereocenters. The van der Waals surface area contributed by atoms with E-state index in [1.54, 1.807) is 6.08 Å². The second-order valence-corrected chi connectivity index (χ2v) is 4.83. The summed E-state index contributed by atoms with van der Waals surface area (Å²) in [5, 5.41) is 0. The summed E-state index contributed by atoms with van der Waals surface area (Å²) < 4.78 is 13.4. The van der Waals surface area contributed by atoms with Crippen molar-refractivity contribution in [2.75, 3.05) is 0 Å². The predicted molar refractivity (Wildman–Crippen MR) is 57.5 cm³/mol. The fourth-order valence-corrected chi connectivity index (χ4v) is 1.76. The highest BCUT2D eigenvalue weighted by molar-refractivity contribution is 9.09. The van der Waals surface area contributed by atoms with Crippen LogP contribution in [0.4, 0.5) is 4.39 Å². The van der Waals surface area contributed by atoms with E-state index in [1.165, 1.54) is 0 Å². The Bertz CT molecular complexity index is 256. The third-order valence-corrected chi connectivity index (χ3v) is 3.11. The van der Waals surface area contributed by atoms with E-state index in [-0.39, 0.29) is 10.7 Å². The SMILES string of the molecule is CCC(C)(N)C1=CC(Br)CC=C1F. The maximum atomic E-state index is 13.4. The molecule has 0 aliphatic heterocycles. The molecule has 0 amide bonds. The van der Waals surface area contributed by atoms with E-state index in [1.807, 2.05) is 19.9 Å². The van der Waals surface area contributed by atoms with Crippen molar-refractivity contribution >= 4 is 15.9 Å². The van der Waals surface area contributed by atoms with Gasteiger partial charge in [0.2, 0.25) is 0 Å². The van der Waals surface area contributed by atoms with Crippen molar-refractivity contribution in [3.63, 3.8) is 0 Å². The first-order valence-electron chi connectivity index (χ1n) is 4.48. The molecule has 0 saturated carbocycles. The molecule has 0 bridgehead atoms. The summed E-state index contributed by atoms with van der Waals surface area (Å²) >= 11 is 3.43. The monoisotopic (exact) mass is 247 g/mol. The van der Waals surface area contributed by atoms with Gasteiger partial charge in [0.15, 0.2) is 0 Å². The molecule has 1 aliphatic carbocycles. The predicted octanol–water partition coefficient (Wildman–Crippen LogP) is 3.06. The van der Waals surface area contributed by atoms with Gasteiger partial charge in [-0.1, -0.05) is 28.9 Å². The van der Waals surface area contributed by atoms with E-state index >= 15 is 0 Å². The highest BCUT2D eigenvalue weighted by Crippen LogP contribution is 2.31. The van der Waals surface area contributed by atoms with Gasteiger partial charge in [-0.05, 0) is 25.8 Å². The Morgan fingerprint density at radius 2 is 2.38 bits per heavy atom. The molecule has 1 aliphatic rings. The van der Waals surface area contributed by atoms with Gasteiger partial charge in [0.05, 0.1) is 0 Å². The first-order valence-corrected chi connectivity index (χ1v) is 5.40. The zero-order valence-electron chi connectivity index (χ0n) is 7.98. The average Bonchev–Trinajstić information content (AvgIpc) is 2.09. The Balaban J connectivity index is 2.95. The van der Waals surface area contributed by atoms with E-state index in [9.17, 15) is 4.39 Å². The number of hydrogen-bond donors (Lipinski definition) is 1. The third kappa shape index (κ3) is 2.41. The van der Waals surface area contributed by atoms with Gasteiger partial charge >= 0.3 is 0 Å². The number of nitrogens with two attached hydrogens (primary N) is 1. The van der Waals surface area contributed by atoms with Crippen molar-refractivity contribution in [2.24, 2.45) is 5.73 Å². The molecule has 0 spiro atoms. The minimum Gasteiger partial charge on any atom is -0.322 e. The Kier molecular flexibility index (Phi) is 3.30. The van der Waals surface area contributed by atoms with Gasteiger partial charge < -0.3 is 5.73 Å². The van der Waals surface area contributed by atoms with Crippen LogP contribution in [-0.2, 0) is 0 Å². The van der Waals surface area contributed by atoms with Crippen LogP contribution in [0.15, 0.2) is 23.6 Å². The summed E-state index contributed by atoms with van der Waals surface area (Å²) in [6, 6.07) is 0. The molecule has 1 nitrogen and oxygen atoms in total. The molecule has 0 saturated heterocycles.